The van der Waals surface area contributed by atoms with Crippen LogP contribution in [0, 0.1) is 0 Å². The van der Waals surface area contributed by atoms with E-state index < -0.39 is 0 Å². The van der Waals surface area contributed by atoms with E-state index in [4.69, 9.17) is 9.47 Å². The van der Waals surface area contributed by atoms with Crippen molar-refractivity contribution in [3.63, 3.8) is 0 Å². The molecule has 0 aromatic heterocycles. The molecule has 3 heteroatoms. The van der Waals surface area contributed by atoms with Crippen LogP contribution in [-0.4, -0.2) is 20.0 Å². The first kappa shape index (κ1) is 13.1. The molecule has 0 bridgehead atoms. The Labute approximate surface area is 112 Å². The third-order valence-electron chi connectivity index (χ3n) is 2.96. The summed E-state index contributed by atoms with van der Waals surface area (Å²) < 4.78 is 10.3. The highest BCUT2D eigenvalue weighted by Gasteiger charge is 2.11. The van der Waals surface area contributed by atoms with E-state index in [1.54, 1.807) is 44.6 Å². The molecule has 0 fully saturated rings. The van der Waals surface area contributed by atoms with Gasteiger partial charge in [0.05, 0.1) is 20.0 Å². The largest absolute Gasteiger partial charge is 0.501 e. The quantitative estimate of drug-likeness (QED) is 0.775. The molecule has 3 nitrogen and oxygen atoms in total. The van der Waals surface area contributed by atoms with E-state index in [9.17, 15) is 4.79 Å². The number of hydrogen-bond acceptors (Lipinski definition) is 3. The zero-order valence-electron chi connectivity index (χ0n) is 11.1. The number of hydrogen-bond donors (Lipinski definition) is 0. The highest BCUT2D eigenvalue weighted by molar-refractivity contribution is 6.10. The number of methoxy groups -OCH3 is 2. The molecule has 0 amide bonds. The molecule has 0 atom stereocenters. The van der Waals surface area contributed by atoms with Crippen LogP contribution >= 0.6 is 0 Å². The number of ketones is 1. The highest BCUT2D eigenvalue weighted by atomic mass is 16.5. The topological polar surface area (TPSA) is 35.5 Å². The summed E-state index contributed by atoms with van der Waals surface area (Å²) in [6, 6.07) is 7.11. The van der Waals surface area contributed by atoms with Crippen molar-refractivity contribution < 1.29 is 14.3 Å². The van der Waals surface area contributed by atoms with Crippen LogP contribution in [0.2, 0.25) is 0 Å². The van der Waals surface area contributed by atoms with Crippen molar-refractivity contribution in [2.75, 3.05) is 14.2 Å². The Morgan fingerprint density at radius 1 is 1.11 bits per heavy atom. The molecule has 1 aromatic rings. The van der Waals surface area contributed by atoms with Gasteiger partial charge < -0.3 is 9.47 Å². The Morgan fingerprint density at radius 2 is 1.84 bits per heavy atom. The van der Waals surface area contributed by atoms with Gasteiger partial charge in [-0.2, -0.15) is 0 Å². The van der Waals surface area contributed by atoms with Crippen molar-refractivity contribution >= 4 is 5.78 Å². The minimum absolute atomic E-state index is 0.00431. The third kappa shape index (κ3) is 3.13. The average molecular weight is 256 g/mol. The minimum atomic E-state index is 0.00431. The van der Waals surface area contributed by atoms with Gasteiger partial charge in [0.15, 0.2) is 5.78 Å². The van der Waals surface area contributed by atoms with E-state index >= 15 is 0 Å². The third-order valence-corrected chi connectivity index (χ3v) is 2.96. The number of allylic oxidation sites excluding steroid dienone is 5. The maximum absolute atomic E-state index is 12.3. The molecule has 1 aromatic carbocycles. The Morgan fingerprint density at radius 3 is 2.47 bits per heavy atom. The lowest BCUT2D eigenvalue weighted by Gasteiger charge is -2.04. The Kier molecular flexibility index (Phi) is 4.18. The van der Waals surface area contributed by atoms with Gasteiger partial charge in [-0.05, 0) is 30.3 Å². The second-order valence-electron chi connectivity index (χ2n) is 4.12. The predicted molar refractivity (Wildman–Crippen MR) is 74.3 cm³/mol. The second-order valence-corrected chi connectivity index (χ2v) is 4.12. The Balaban J connectivity index is 2.18. The van der Waals surface area contributed by atoms with Gasteiger partial charge in [-0.1, -0.05) is 18.2 Å². The number of benzene rings is 1. The van der Waals surface area contributed by atoms with Crippen molar-refractivity contribution in [1.82, 2.24) is 0 Å². The van der Waals surface area contributed by atoms with Crippen molar-refractivity contribution in [1.29, 1.82) is 0 Å². The van der Waals surface area contributed by atoms with Crippen molar-refractivity contribution in [2.45, 2.75) is 6.42 Å². The molecule has 0 aliphatic heterocycles. The minimum Gasteiger partial charge on any atom is -0.501 e. The van der Waals surface area contributed by atoms with Gasteiger partial charge in [-0.3, -0.25) is 4.79 Å². The fourth-order valence-electron chi connectivity index (χ4n) is 1.83. The molecule has 0 unspecified atom stereocenters. The normalized spacial score (nSPS) is 14.2. The van der Waals surface area contributed by atoms with E-state index in [2.05, 4.69) is 0 Å². The predicted octanol–water partition coefficient (Wildman–Crippen LogP) is 3.29. The van der Waals surface area contributed by atoms with Crippen LogP contribution in [0.15, 0.2) is 59.9 Å². The van der Waals surface area contributed by atoms with E-state index in [-0.39, 0.29) is 5.78 Å². The summed E-state index contributed by atoms with van der Waals surface area (Å²) in [6.07, 6.45) is 8.01. The highest BCUT2D eigenvalue weighted by Crippen LogP contribution is 2.18. The molecular weight excluding hydrogens is 240 g/mol. The zero-order chi connectivity index (χ0) is 13.7. The molecular formula is C16H16O3. The van der Waals surface area contributed by atoms with Crippen molar-refractivity contribution in [3.8, 4) is 5.75 Å². The van der Waals surface area contributed by atoms with E-state index in [0.29, 0.717) is 17.6 Å². The van der Waals surface area contributed by atoms with Gasteiger partial charge in [-0.25, -0.2) is 0 Å². The van der Waals surface area contributed by atoms with Gasteiger partial charge in [0.1, 0.15) is 5.75 Å². The summed E-state index contributed by atoms with van der Waals surface area (Å²) in [4.78, 5) is 12.3. The van der Waals surface area contributed by atoms with E-state index in [0.717, 1.165) is 11.5 Å². The van der Waals surface area contributed by atoms with Crippen LogP contribution in [0.3, 0.4) is 0 Å². The van der Waals surface area contributed by atoms with E-state index in [1.807, 2.05) is 18.2 Å². The van der Waals surface area contributed by atoms with Crippen LogP contribution in [0.1, 0.15) is 16.8 Å². The molecule has 0 N–H and O–H groups in total. The van der Waals surface area contributed by atoms with Gasteiger partial charge >= 0.3 is 0 Å². The molecule has 2 rings (SSSR count). The molecule has 0 spiro atoms. The molecule has 1 aliphatic rings. The smallest absolute Gasteiger partial charge is 0.192 e. The van der Waals surface area contributed by atoms with E-state index in [1.165, 1.54) is 0 Å². The summed E-state index contributed by atoms with van der Waals surface area (Å²) >= 11 is 0. The monoisotopic (exact) mass is 256 g/mol. The summed E-state index contributed by atoms with van der Waals surface area (Å²) in [6.45, 7) is 0. The molecule has 0 saturated heterocycles. The molecule has 98 valence electrons. The Bertz CT molecular complexity index is 548. The first-order valence-corrected chi connectivity index (χ1v) is 6.04. The van der Waals surface area contributed by atoms with Gasteiger partial charge in [0.25, 0.3) is 0 Å². The first-order chi connectivity index (χ1) is 9.24. The van der Waals surface area contributed by atoms with Crippen LogP contribution in [-0.2, 0) is 4.74 Å². The fourth-order valence-corrected chi connectivity index (χ4v) is 1.83. The Hall–Kier alpha value is -2.29. The van der Waals surface area contributed by atoms with Crippen LogP contribution in [0.4, 0.5) is 0 Å². The number of rotatable bonds is 4. The maximum Gasteiger partial charge on any atom is 0.192 e. The lowest BCUT2D eigenvalue weighted by Crippen LogP contribution is -2.01. The lowest BCUT2D eigenvalue weighted by atomic mass is 10.0. The van der Waals surface area contributed by atoms with Gasteiger partial charge in [0.2, 0.25) is 0 Å². The van der Waals surface area contributed by atoms with Crippen LogP contribution < -0.4 is 4.74 Å². The SMILES string of the molecule is COC1=CC=CC(C(=O)c2ccc(OC)cc2)=CC1. The maximum atomic E-state index is 12.3. The summed E-state index contributed by atoms with van der Waals surface area (Å²) in [5.41, 5.74) is 1.33. The molecule has 1 aliphatic carbocycles. The summed E-state index contributed by atoms with van der Waals surface area (Å²) in [7, 11) is 3.23. The number of ether oxygens (including phenoxy) is 2. The van der Waals surface area contributed by atoms with Crippen LogP contribution in [0.5, 0.6) is 5.75 Å². The zero-order valence-corrected chi connectivity index (χ0v) is 11.1. The van der Waals surface area contributed by atoms with Crippen molar-refractivity contribution in [2.24, 2.45) is 0 Å². The summed E-state index contributed by atoms with van der Waals surface area (Å²) in [5.74, 6) is 1.59. The number of Topliss-reactive ketones (excluding diaryl/α,β-unsaturated/α-hetero) is 1. The number of carbonyl (C=O) groups excluding carboxylic acids is 1. The fraction of sp³-hybridized carbons (Fsp3) is 0.188. The molecule has 0 radical (unpaired) electrons. The first-order valence-electron chi connectivity index (χ1n) is 6.04. The standard InChI is InChI=1S/C16H16O3/c1-18-14-5-3-4-12(6-9-14)16(17)13-7-10-15(19-2)11-8-13/h3-8,10-11H,9H2,1-2H3. The van der Waals surface area contributed by atoms with Crippen molar-refractivity contribution in [3.05, 3.63) is 65.5 Å². The second kappa shape index (κ2) is 6.05. The molecule has 0 saturated carbocycles. The van der Waals surface area contributed by atoms with Crippen LogP contribution in [0.25, 0.3) is 0 Å². The summed E-state index contributed by atoms with van der Waals surface area (Å²) in [5, 5.41) is 0. The number of carbonyl (C=O) groups is 1. The molecule has 19 heavy (non-hydrogen) atoms. The van der Waals surface area contributed by atoms with Gasteiger partial charge in [0, 0.05) is 17.6 Å². The van der Waals surface area contributed by atoms with Gasteiger partial charge in [-0.15, -0.1) is 0 Å². The average Bonchev–Trinajstić information content (AvgIpc) is 2.72. The molecule has 0 heterocycles. The lowest BCUT2D eigenvalue weighted by molar-refractivity contribution is 0.103.